The molecule has 1 aliphatic rings. The number of ether oxygens (including phenoxy) is 1. The van der Waals surface area contributed by atoms with Gasteiger partial charge < -0.3 is 25.7 Å². The number of benzene rings is 1. The predicted octanol–water partition coefficient (Wildman–Crippen LogP) is 4.24. The van der Waals surface area contributed by atoms with Crippen LogP contribution in [0.3, 0.4) is 0 Å². The van der Waals surface area contributed by atoms with E-state index in [-0.39, 0.29) is 0 Å². The Hall–Kier alpha value is -3.12. The van der Waals surface area contributed by atoms with Gasteiger partial charge in [-0.3, -0.25) is 0 Å². The Morgan fingerprint density at radius 1 is 1.10 bits per heavy atom. The minimum atomic E-state index is 0.469. The van der Waals surface area contributed by atoms with Crippen LogP contribution in [0.25, 0.3) is 11.1 Å². The van der Waals surface area contributed by atoms with Crippen molar-refractivity contribution in [2.45, 2.75) is 25.8 Å². The Morgan fingerprint density at radius 2 is 1.80 bits per heavy atom. The largest absolute Gasteiger partial charge is 0.497 e. The maximum atomic E-state index is 7.76. The summed E-state index contributed by atoms with van der Waals surface area (Å²) >= 11 is 0. The Morgan fingerprint density at radius 3 is 2.40 bits per heavy atom. The van der Waals surface area contributed by atoms with E-state index in [1.807, 2.05) is 55.7 Å². The van der Waals surface area contributed by atoms with Crippen molar-refractivity contribution in [3.63, 3.8) is 0 Å². The first-order chi connectivity index (χ1) is 14.6. The normalized spacial score (nSPS) is 16.2. The van der Waals surface area contributed by atoms with E-state index in [9.17, 15) is 0 Å². The molecular formula is C24H31N5O. The Bertz CT molecular complexity index is 879. The molecule has 1 aromatic heterocycles. The van der Waals surface area contributed by atoms with Crippen molar-refractivity contribution in [2.24, 2.45) is 0 Å². The second kappa shape index (κ2) is 10.6. The van der Waals surface area contributed by atoms with E-state index in [1.54, 1.807) is 13.3 Å². The molecule has 6 nitrogen and oxygen atoms in total. The zero-order valence-electron chi connectivity index (χ0n) is 18.0. The Kier molecular flexibility index (Phi) is 7.63. The summed E-state index contributed by atoms with van der Waals surface area (Å²) in [5.41, 5.74) is 3.98. The predicted molar refractivity (Wildman–Crippen MR) is 125 cm³/mol. The quantitative estimate of drug-likeness (QED) is 0.573. The molecule has 0 bridgehead atoms. The molecule has 2 heterocycles. The summed E-state index contributed by atoms with van der Waals surface area (Å²) < 4.78 is 5.20. The molecule has 3 N–H and O–H groups in total. The van der Waals surface area contributed by atoms with Crippen LogP contribution in [0.4, 0.5) is 5.82 Å². The summed E-state index contributed by atoms with van der Waals surface area (Å²) in [7, 11) is 3.82. The van der Waals surface area contributed by atoms with Gasteiger partial charge in [-0.25, -0.2) is 4.98 Å². The molecule has 0 amide bonds. The highest BCUT2D eigenvalue weighted by Crippen LogP contribution is 2.19. The van der Waals surface area contributed by atoms with Crippen molar-refractivity contribution in [3.05, 3.63) is 66.1 Å². The molecule has 30 heavy (non-hydrogen) atoms. The van der Waals surface area contributed by atoms with Gasteiger partial charge in [0.05, 0.1) is 7.11 Å². The zero-order valence-corrected chi connectivity index (χ0v) is 18.0. The van der Waals surface area contributed by atoms with Crippen molar-refractivity contribution in [1.29, 1.82) is 5.41 Å². The van der Waals surface area contributed by atoms with Crippen LogP contribution >= 0.6 is 0 Å². The summed E-state index contributed by atoms with van der Waals surface area (Å²) in [4.78, 5) is 6.84. The summed E-state index contributed by atoms with van der Waals surface area (Å²) in [5, 5.41) is 14.5. The van der Waals surface area contributed by atoms with Crippen molar-refractivity contribution in [1.82, 2.24) is 15.2 Å². The van der Waals surface area contributed by atoms with Crippen molar-refractivity contribution < 1.29 is 4.74 Å². The van der Waals surface area contributed by atoms with Crippen LogP contribution in [0.5, 0.6) is 5.75 Å². The van der Waals surface area contributed by atoms with Crippen LogP contribution < -0.4 is 15.4 Å². The molecule has 1 aromatic carbocycles. The first-order valence-electron chi connectivity index (χ1n) is 10.3. The number of aromatic nitrogens is 1. The van der Waals surface area contributed by atoms with Crippen molar-refractivity contribution in [3.8, 4) is 5.75 Å². The fourth-order valence-electron chi connectivity index (χ4n) is 3.36. The van der Waals surface area contributed by atoms with Crippen molar-refractivity contribution >= 4 is 23.2 Å². The van der Waals surface area contributed by atoms with Gasteiger partial charge in [0.15, 0.2) is 0 Å². The van der Waals surface area contributed by atoms with E-state index in [4.69, 9.17) is 10.1 Å². The molecule has 0 unspecified atom stereocenters. The SMILES string of the molecule is COc1ccc(/C(C)=C/Nc2ccc(/C(C=N)=C/NC3CCN(C)CC3)cn2)cc1. The smallest absolute Gasteiger partial charge is 0.129 e. The average molecular weight is 406 g/mol. The highest BCUT2D eigenvalue weighted by Gasteiger charge is 2.15. The number of pyridine rings is 1. The van der Waals surface area contributed by atoms with Gasteiger partial charge in [0.1, 0.15) is 11.6 Å². The average Bonchev–Trinajstić information content (AvgIpc) is 2.80. The second-order valence-electron chi connectivity index (χ2n) is 7.62. The van der Waals surface area contributed by atoms with Gasteiger partial charge in [-0.15, -0.1) is 0 Å². The van der Waals surface area contributed by atoms with Crippen LogP contribution in [0, 0.1) is 5.41 Å². The standard InChI is InChI=1S/C24H31N5O/c1-18(19-4-7-23(30-3)8-5-19)15-27-24-9-6-20(16-28-24)21(14-25)17-26-22-10-12-29(2)13-11-22/h4-9,14-17,22,25-26H,10-13H2,1-3H3,(H,27,28)/b18-15+,21-17+,25-14?. The molecule has 0 aliphatic carbocycles. The third-order valence-corrected chi connectivity index (χ3v) is 5.43. The molecule has 3 rings (SSSR count). The van der Waals surface area contributed by atoms with Crippen LogP contribution in [0.1, 0.15) is 30.9 Å². The van der Waals surface area contributed by atoms with Crippen LogP contribution in [0.2, 0.25) is 0 Å². The number of allylic oxidation sites excluding steroid dienone is 2. The first-order valence-corrected chi connectivity index (χ1v) is 10.3. The first kappa shape index (κ1) is 21.6. The number of nitrogens with one attached hydrogen (secondary N) is 3. The summed E-state index contributed by atoms with van der Waals surface area (Å²) in [5.74, 6) is 1.61. The van der Waals surface area contributed by atoms with Gasteiger partial charge in [0, 0.05) is 42.0 Å². The molecule has 2 aromatic rings. The van der Waals surface area contributed by atoms with Gasteiger partial charge in [-0.2, -0.15) is 0 Å². The van der Waals surface area contributed by atoms with Crippen LogP contribution in [-0.2, 0) is 0 Å². The fourth-order valence-corrected chi connectivity index (χ4v) is 3.36. The van der Waals surface area contributed by atoms with Gasteiger partial charge in [-0.05, 0) is 75.3 Å². The molecule has 0 saturated carbocycles. The minimum absolute atomic E-state index is 0.469. The zero-order chi connectivity index (χ0) is 21.3. The molecule has 0 radical (unpaired) electrons. The second-order valence-corrected chi connectivity index (χ2v) is 7.62. The molecule has 1 fully saturated rings. The lowest BCUT2D eigenvalue weighted by molar-refractivity contribution is 0.244. The summed E-state index contributed by atoms with van der Waals surface area (Å²) in [6.45, 7) is 4.27. The third-order valence-electron chi connectivity index (χ3n) is 5.43. The lowest BCUT2D eigenvalue weighted by Crippen LogP contribution is -2.38. The maximum Gasteiger partial charge on any atom is 0.129 e. The molecular weight excluding hydrogens is 374 g/mol. The van der Waals surface area contributed by atoms with E-state index in [2.05, 4.69) is 27.6 Å². The number of rotatable bonds is 8. The molecule has 0 atom stereocenters. The van der Waals surface area contributed by atoms with Gasteiger partial charge >= 0.3 is 0 Å². The van der Waals surface area contributed by atoms with E-state index < -0.39 is 0 Å². The molecule has 1 aliphatic heterocycles. The van der Waals surface area contributed by atoms with E-state index >= 15 is 0 Å². The number of piperidine rings is 1. The number of hydrogen-bond donors (Lipinski definition) is 3. The lowest BCUT2D eigenvalue weighted by Gasteiger charge is -2.29. The number of hydrogen-bond acceptors (Lipinski definition) is 6. The third kappa shape index (κ3) is 5.94. The number of likely N-dealkylation sites (tertiary alicyclic amines) is 1. The molecule has 1 saturated heterocycles. The van der Waals surface area contributed by atoms with Gasteiger partial charge in [-0.1, -0.05) is 12.1 Å². The fraction of sp³-hybridized carbons (Fsp3) is 0.333. The summed E-state index contributed by atoms with van der Waals surface area (Å²) in [6, 6.07) is 12.3. The molecule has 158 valence electrons. The molecule has 6 heteroatoms. The summed E-state index contributed by atoms with van der Waals surface area (Å²) in [6.07, 6.45) is 9.31. The van der Waals surface area contributed by atoms with Gasteiger partial charge in [0.2, 0.25) is 0 Å². The monoisotopic (exact) mass is 405 g/mol. The van der Waals surface area contributed by atoms with Crippen LogP contribution in [0.15, 0.2) is 55.0 Å². The Balaban J connectivity index is 1.60. The molecule has 0 spiro atoms. The topological polar surface area (TPSA) is 73.3 Å². The highest BCUT2D eigenvalue weighted by atomic mass is 16.5. The highest BCUT2D eigenvalue weighted by molar-refractivity contribution is 6.08. The maximum absolute atomic E-state index is 7.76. The Labute approximate surface area is 179 Å². The number of methoxy groups -OCH3 is 1. The minimum Gasteiger partial charge on any atom is -0.497 e. The number of nitrogens with zero attached hydrogens (tertiary/aromatic N) is 2. The van der Waals surface area contributed by atoms with Gasteiger partial charge in [0.25, 0.3) is 0 Å². The van der Waals surface area contributed by atoms with E-state index in [1.165, 1.54) is 6.21 Å². The van der Waals surface area contributed by atoms with E-state index in [0.29, 0.717) is 6.04 Å². The van der Waals surface area contributed by atoms with Crippen molar-refractivity contribution in [2.75, 3.05) is 32.6 Å². The lowest BCUT2D eigenvalue weighted by atomic mass is 10.1. The van der Waals surface area contributed by atoms with E-state index in [0.717, 1.165) is 59.8 Å². The number of anilines is 1. The van der Waals surface area contributed by atoms with Crippen LogP contribution in [-0.4, -0.2) is 49.4 Å².